The van der Waals surface area contributed by atoms with Crippen LogP contribution in [-0.2, 0) is 14.6 Å². The van der Waals surface area contributed by atoms with Gasteiger partial charge in [0.25, 0.3) is 0 Å². The molecule has 21 heavy (non-hydrogen) atoms. The van der Waals surface area contributed by atoms with Crippen molar-refractivity contribution in [3.05, 3.63) is 0 Å². The number of carboxylic acids is 1. The number of thioether (sulfide) groups is 1. The molecule has 1 aliphatic heterocycles. The van der Waals surface area contributed by atoms with Crippen LogP contribution >= 0.6 is 11.8 Å². The lowest BCUT2D eigenvalue weighted by molar-refractivity contribution is -0.141. The number of carboxylic acid groups (broad SMARTS) is 1. The van der Waals surface area contributed by atoms with E-state index in [-0.39, 0.29) is 6.54 Å². The average molecular weight is 338 g/mol. The summed E-state index contributed by atoms with van der Waals surface area (Å²) in [5, 5.41) is 8.11. The van der Waals surface area contributed by atoms with E-state index < -0.39 is 33.1 Å². The van der Waals surface area contributed by atoms with Crippen LogP contribution in [-0.4, -0.2) is 78.1 Å². The van der Waals surface area contributed by atoms with E-state index in [1.54, 1.807) is 6.92 Å². The van der Waals surface area contributed by atoms with Gasteiger partial charge in [-0.25, -0.2) is 13.2 Å². The first-order valence-corrected chi connectivity index (χ1v) is 9.84. The van der Waals surface area contributed by atoms with Gasteiger partial charge in [0.1, 0.15) is 5.37 Å². The molecule has 1 saturated heterocycles. The number of urea groups is 1. The molecule has 1 N–H and O–H groups in total. The Bertz CT molecular complexity index is 494. The Hall–Kier alpha value is -0.960. The summed E-state index contributed by atoms with van der Waals surface area (Å²) in [5.74, 6) is -0.625. The van der Waals surface area contributed by atoms with Crippen molar-refractivity contribution in [1.29, 1.82) is 0 Å². The number of carbonyl (C=O) groups is 2. The van der Waals surface area contributed by atoms with Crippen LogP contribution in [0.15, 0.2) is 0 Å². The van der Waals surface area contributed by atoms with Crippen molar-refractivity contribution in [2.24, 2.45) is 5.92 Å². The molecule has 0 aromatic rings. The van der Waals surface area contributed by atoms with Crippen LogP contribution in [0.1, 0.15) is 13.8 Å². The molecule has 0 spiro atoms. The maximum atomic E-state index is 12.5. The summed E-state index contributed by atoms with van der Waals surface area (Å²) in [6, 6.07) is -0.402. The van der Waals surface area contributed by atoms with Gasteiger partial charge >= 0.3 is 12.0 Å². The van der Waals surface area contributed by atoms with Crippen LogP contribution in [0.2, 0.25) is 0 Å². The normalized spacial score (nSPS) is 20.9. The highest BCUT2D eigenvalue weighted by Gasteiger charge is 2.36. The Morgan fingerprint density at radius 3 is 2.57 bits per heavy atom. The Morgan fingerprint density at radius 2 is 2.10 bits per heavy atom. The van der Waals surface area contributed by atoms with E-state index in [1.807, 2.05) is 0 Å². The number of hydrogen-bond donors (Lipinski definition) is 1. The van der Waals surface area contributed by atoms with Crippen LogP contribution in [0.5, 0.6) is 0 Å². The Kier molecular flexibility index (Phi) is 6.33. The number of nitrogens with zero attached hydrogens (tertiary/aromatic N) is 2. The molecule has 0 aromatic carbocycles. The number of rotatable bonds is 5. The Morgan fingerprint density at radius 1 is 1.48 bits per heavy atom. The maximum Gasteiger partial charge on any atom is 0.321 e. The first-order valence-electron chi connectivity index (χ1n) is 6.73. The van der Waals surface area contributed by atoms with E-state index in [0.29, 0.717) is 24.6 Å². The number of amides is 2. The highest BCUT2D eigenvalue weighted by atomic mass is 32.2. The average Bonchev–Trinajstić information content (AvgIpc) is 2.42. The van der Waals surface area contributed by atoms with Crippen LogP contribution < -0.4 is 0 Å². The predicted octanol–water partition coefficient (Wildman–Crippen LogP) is 0.569. The SMILES string of the molecule is CCN(CC(C)C(=O)O)C(=O)N1CCSCC1S(C)(=O)=O. The van der Waals surface area contributed by atoms with Gasteiger partial charge in [-0.2, -0.15) is 11.8 Å². The quantitative estimate of drug-likeness (QED) is 0.787. The highest BCUT2D eigenvalue weighted by molar-refractivity contribution is 8.00. The molecule has 2 amide bonds. The first-order chi connectivity index (χ1) is 9.68. The van der Waals surface area contributed by atoms with Crippen LogP contribution in [0.25, 0.3) is 0 Å². The second-order valence-electron chi connectivity index (χ2n) is 5.11. The van der Waals surface area contributed by atoms with Crippen molar-refractivity contribution in [1.82, 2.24) is 9.80 Å². The predicted molar refractivity (Wildman–Crippen MR) is 82.1 cm³/mol. The minimum Gasteiger partial charge on any atom is -0.481 e. The molecule has 7 nitrogen and oxygen atoms in total. The lowest BCUT2D eigenvalue weighted by atomic mass is 10.2. The van der Waals surface area contributed by atoms with E-state index in [0.717, 1.165) is 6.26 Å². The second kappa shape index (κ2) is 7.35. The Balaban J connectivity index is 2.89. The van der Waals surface area contributed by atoms with E-state index in [9.17, 15) is 18.0 Å². The van der Waals surface area contributed by atoms with E-state index in [2.05, 4.69) is 0 Å². The summed E-state index contributed by atoms with van der Waals surface area (Å²) in [6.45, 7) is 4.06. The minimum atomic E-state index is -3.37. The molecule has 2 unspecified atom stereocenters. The summed E-state index contributed by atoms with van der Waals surface area (Å²) in [7, 11) is -3.37. The van der Waals surface area contributed by atoms with Gasteiger partial charge in [-0.1, -0.05) is 6.92 Å². The first kappa shape index (κ1) is 18.1. The molecule has 0 aromatic heterocycles. The maximum absolute atomic E-state index is 12.5. The standard InChI is InChI=1S/C12H22N2O5S2/c1-4-13(7-9(2)11(15)16)12(17)14-5-6-20-8-10(14)21(3,18)19/h9-10H,4-8H2,1-3H3,(H,15,16). The summed E-state index contributed by atoms with van der Waals surface area (Å²) < 4.78 is 23.6. The largest absolute Gasteiger partial charge is 0.481 e. The Labute approximate surface area is 129 Å². The molecule has 2 atom stereocenters. The third kappa shape index (κ3) is 4.77. The van der Waals surface area contributed by atoms with Crippen molar-refractivity contribution < 1.29 is 23.1 Å². The molecule has 0 aliphatic carbocycles. The van der Waals surface area contributed by atoms with Crippen molar-refractivity contribution in [3.63, 3.8) is 0 Å². The molecule has 122 valence electrons. The molecule has 1 fully saturated rings. The van der Waals surface area contributed by atoms with Crippen molar-refractivity contribution >= 4 is 33.6 Å². The lowest BCUT2D eigenvalue weighted by Crippen LogP contribution is -2.55. The van der Waals surface area contributed by atoms with Crippen molar-refractivity contribution in [3.8, 4) is 0 Å². The zero-order chi connectivity index (χ0) is 16.2. The second-order valence-corrected chi connectivity index (χ2v) is 8.47. The topological polar surface area (TPSA) is 95.0 Å². The zero-order valence-electron chi connectivity index (χ0n) is 12.5. The summed E-state index contributed by atoms with van der Waals surface area (Å²) >= 11 is 1.50. The molecule has 0 bridgehead atoms. The molecule has 1 heterocycles. The highest BCUT2D eigenvalue weighted by Crippen LogP contribution is 2.22. The smallest absolute Gasteiger partial charge is 0.321 e. The molecule has 9 heteroatoms. The van der Waals surface area contributed by atoms with Gasteiger partial charge in [0.15, 0.2) is 9.84 Å². The number of hydrogen-bond acceptors (Lipinski definition) is 5. The van der Waals surface area contributed by atoms with Crippen LogP contribution in [0.4, 0.5) is 4.79 Å². The molecule has 1 rings (SSSR count). The van der Waals surface area contributed by atoms with E-state index in [4.69, 9.17) is 5.11 Å². The summed E-state index contributed by atoms with van der Waals surface area (Å²) in [5.41, 5.74) is 0. The summed E-state index contributed by atoms with van der Waals surface area (Å²) in [4.78, 5) is 26.2. The van der Waals surface area contributed by atoms with Crippen molar-refractivity contribution in [2.45, 2.75) is 19.2 Å². The molecule has 0 saturated carbocycles. The third-order valence-electron chi connectivity index (χ3n) is 3.39. The van der Waals surface area contributed by atoms with Gasteiger partial charge in [-0.15, -0.1) is 0 Å². The monoisotopic (exact) mass is 338 g/mol. The summed E-state index contributed by atoms with van der Waals surface area (Å²) in [6.07, 6.45) is 1.12. The van der Waals surface area contributed by atoms with Crippen LogP contribution in [0, 0.1) is 5.92 Å². The molecular weight excluding hydrogens is 316 g/mol. The van der Waals surface area contributed by atoms with Gasteiger partial charge in [0.05, 0.1) is 5.92 Å². The zero-order valence-corrected chi connectivity index (χ0v) is 14.1. The van der Waals surface area contributed by atoms with Gasteiger partial charge in [-0.05, 0) is 6.92 Å². The number of sulfone groups is 1. The van der Waals surface area contributed by atoms with Crippen LogP contribution in [0.3, 0.4) is 0 Å². The van der Waals surface area contributed by atoms with Crippen molar-refractivity contribution in [2.75, 3.05) is 37.4 Å². The molecule has 0 radical (unpaired) electrons. The fraction of sp³-hybridized carbons (Fsp3) is 0.833. The number of aliphatic carboxylic acids is 1. The van der Waals surface area contributed by atoms with E-state index in [1.165, 1.54) is 28.5 Å². The lowest BCUT2D eigenvalue weighted by Gasteiger charge is -2.37. The number of carbonyl (C=O) groups excluding carboxylic acids is 1. The molecule has 1 aliphatic rings. The molecular formula is C12H22N2O5S2. The fourth-order valence-electron chi connectivity index (χ4n) is 2.09. The third-order valence-corrected chi connectivity index (χ3v) is 6.04. The van der Waals surface area contributed by atoms with Gasteiger partial charge in [0, 0.05) is 37.4 Å². The van der Waals surface area contributed by atoms with Gasteiger partial charge < -0.3 is 14.9 Å². The van der Waals surface area contributed by atoms with Gasteiger partial charge in [-0.3, -0.25) is 4.79 Å². The minimum absolute atomic E-state index is 0.0742. The van der Waals surface area contributed by atoms with E-state index >= 15 is 0 Å². The fourth-order valence-corrected chi connectivity index (χ4v) is 4.90. The van der Waals surface area contributed by atoms with Gasteiger partial charge in [0.2, 0.25) is 0 Å².